The Hall–Kier alpha value is -3.40. The van der Waals surface area contributed by atoms with Crippen molar-refractivity contribution in [1.29, 1.82) is 0 Å². The summed E-state index contributed by atoms with van der Waals surface area (Å²) >= 11 is 0.738. The van der Waals surface area contributed by atoms with Gasteiger partial charge in [0.2, 0.25) is 0 Å². The minimum Gasteiger partial charge on any atom is -0.465 e. The molecular formula is C18H15N3O6S. The van der Waals surface area contributed by atoms with Crippen molar-refractivity contribution < 1.29 is 24.0 Å². The molecule has 28 heavy (non-hydrogen) atoms. The van der Waals surface area contributed by atoms with Gasteiger partial charge in [0, 0.05) is 29.7 Å². The fourth-order valence-corrected chi connectivity index (χ4v) is 3.41. The average Bonchev–Trinajstić information content (AvgIpc) is 3.22. The van der Waals surface area contributed by atoms with Gasteiger partial charge in [-0.3, -0.25) is 29.4 Å². The number of aromatic nitrogens is 1. The maximum absolute atomic E-state index is 12.5. The number of hydrogen-bond donors (Lipinski definition) is 0. The van der Waals surface area contributed by atoms with Crippen molar-refractivity contribution in [2.45, 2.75) is 6.92 Å². The molecule has 2 amide bonds. The Kier molecular flexibility index (Phi) is 5.59. The molecule has 2 heterocycles. The van der Waals surface area contributed by atoms with E-state index in [-0.39, 0.29) is 17.2 Å². The van der Waals surface area contributed by atoms with E-state index in [4.69, 9.17) is 4.74 Å². The van der Waals surface area contributed by atoms with Crippen LogP contribution in [0, 0.1) is 10.1 Å². The molecular weight excluding hydrogens is 386 g/mol. The number of nitro groups is 1. The van der Waals surface area contributed by atoms with Crippen LogP contribution in [-0.2, 0) is 14.3 Å². The van der Waals surface area contributed by atoms with Crippen molar-refractivity contribution >= 4 is 40.6 Å². The minimum atomic E-state index is -0.652. The van der Waals surface area contributed by atoms with Crippen molar-refractivity contribution in [2.24, 2.45) is 0 Å². The molecule has 0 N–H and O–H groups in total. The molecule has 0 saturated carbocycles. The lowest BCUT2D eigenvalue weighted by molar-refractivity contribution is -0.384. The van der Waals surface area contributed by atoms with Gasteiger partial charge >= 0.3 is 5.97 Å². The summed E-state index contributed by atoms with van der Waals surface area (Å²) in [6.07, 6.45) is 3.27. The Morgan fingerprint density at radius 3 is 2.61 bits per heavy atom. The number of imide groups is 1. The zero-order valence-corrected chi connectivity index (χ0v) is 15.5. The number of carbonyl (C=O) groups excluding carboxylic acids is 3. The molecule has 1 fully saturated rings. The summed E-state index contributed by atoms with van der Waals surface area (Å²) in [4.78, 5) is 47.4. The van der Waals surface area contributed by atoms with E-state index >= 15 is 0 Å². The summed E-state index contributed by atoms with van der Waals surface area (Å²) in [7, 11) is 0. The summed E-state index contributed by atoms with van der Waals surface area (Å²) in [5.41, 5.74) is 1.24. The number of nitro benzene ring substituents is 1. The topological polar surface area (TPSA) is 112 Å². The Morgan fingerprint density at radius 2 is 1.96 bits per heavy atom. The second-order valence-electron chi connectivity index (χ2n) is 5.65. The first-order valence-electron chi connectivity index (χ1n) is 8.24. The van der Waals surface area contributed by atoms with Gasteiger partial charge in [-0.1, -0.05) is 0 Å². The normalized spacial score (nSPS) is 15.3. The van der Waals surface area contributed by atoms with E-state index < -0.39 is 28.6 Å². The largest absolute Gasteiger partial charge is 0.465 e. The fourth-order valence-electron chi connectivity index (χ4n) is 2.59. The van der Waals surface area contributed by atoms with Crippen LogP contribution in [0.15, 0.2) is 47.5 Å². The number of carbonyl (C=O) groups is 3. The highest BCUT2D eigenvalue weighted by Gasteiger charge is 2.36. The molecule has 144 valence electrons. The van der Waals surface area contributed by atoms with Crippen LogP contribution in [0.1, 0.15) is 12.6 Å². The number of hydrogen-bond acceptors (Lipinski definition) is 7. The minimum absolute atomic E-state index is 0.0301. The second-order valence-corrected chi connectivity index (χ2v) is 6.64. The van der Waals surface area contributed by atoms with Crippen molar-refractivity contribution in [2.75, 3.05) is 13.2 Å². The highest BCUT2D eigenvalue weighted by Crippen LogP contribution is 2.32. The third-order valence-corrected chi connectivity index (χ3v) is 4.77. The van der Waals surface area contributed by atoms with Crippen LogP contribution in [0.2, 0.25) is 0 Å². The molecule has 0 unspecified atom stereocenters. The molecule has 0 atom stereocenters. The first-order chi connectivity index (χ1) is 13.4. The van der Waals surface area contributed by atoms with Gasteiger partial charge in [0.15, 0.2) is 0 Å². The van der Waals surface area contributed by atoms with Gasteiger partial charge < -0.3 is 9.30 Å². The number of nitrogens with zero attached hydrogens (tertiary/aromatic N) is 3. The zero-order valence-electron chi connectivity index (χ0n) is 14.7. The number of esters is 1. The molecule has 1 aliphatic rings. The SMILES string of the molecule is CCOC(=O)CN1C(=O)S/C(=C/c2cccn2-c2ccc([N+](=O)[O-])cc2)C1=O. The van der Waals surface area contributed by atoms with Crippen LogP contribution in [0.25, 0.3) is 11.8 Å². The van der Waals surface area contributed by atoms with Crippen LogP contribution in [0.5, 0.6) is 0 Å². The maximum atomic E-state index is 12.5. The van der Waals surface area contributed by atoms with E-state index in [9.17, 15) is 24.5 Å². The summed E-state index contributed by atoms with van der Waals surface area (Å²) in [5.74, 6) is -1.22. The predicted octanol–water partition coefficient (Wildman–Crippen LogP) is 2.98. The molecule has 10 heteroatoms. The van der Waals surface area contributed by atoms with Crippen LogP contribution >= 0.6 is 11.8 Å². The van der Waals surface area contributed by atoms with Crippen molar-refractivity contribution in [1.82, 2.24) is 9.47 Å². The molecule has 0 aliphatic carbocycles. The zero-order chi connectivity index (χ0) is 20.3. The lowest BCUT2D eigenvalue weighted by Gasteiger charge is -2.11. The van der Waals surface area contributed by atoms with E-state index in [2.05, 4.69) is 0 Å². The third kappa shape index (κ3) is 3.96. The number of amides is 2. The molecule has 0 spiro atoms. The highest BCUT2D eigenvalue weighted by atomic mass is 32.2. The molecule has 3 rings (SSSR count). The van der Waals surface area contributed by atoms with Crippen LogP contribution in [-0.4, -0.2) is 44.7 Å². The third-order valence-electron chi connectivity index (χ3n) is 3.86. The summed E-state index contributed by atoms with van der Waals surface area (Å²) in [5, 5.41) is 10.2. The second kappa shape index (κ2) is 8.09. The monoisotopic (exact) mass is 401 g/mol. The van der Waals surface area contributed by atoms with E-state index in [1.165, 1.54) is 18.2 Å². The van der Waals surface area contributed by atoms with Crippen LogP contribution < -0.4 is 0 Å². The lowest BCUT2D eigenvalue weighted by atomic mass is 10.2. The van der Waals surface area contributed by atoms with E-state index in [0.29, 0.717) is 11.4 Å². The van der Waals surface area contributed by atoms with Gasteiger partial charge in [-0.05, 0) is 49.0 Å². The maximum Gasteiger partial charge on any atom is 0.326 e. The number of ether oxygens (including phenoxy) is 1. The number of thioether (sulfide) groups is 1. The first kappa shape index (κ1) is 19.4. The van der Waals surface area contributed by atoms with Gasteiger partial charge in [0.25, 0.3) is 16.8 Å². The lowest BCUT2D eigenvalue weighted by Crippen LogP contribution is -2.34. The molecule has 2 aromatic rings. The molecule has 1 saturated heterocycles. The molecule has 0 radical (unpaired) electrons. The van der Waals surface area contributed by atoms with E-state index in [1.807, 2.05) is 0 Å². The van der Waals surface area contributed by atoms with E-state index in [1.54, 1.807) is 42.0 Å². The molecule has 9 nitrogen and oxygen atoms in total. The van der Waals surface area contributed by atoms with E-state index in [0.717, 1.165) is 16.7 Å². The van der Waals surface area contributed by atoms with Gasteiger partial charge in [-0.2, -0.15) is 0 Å². The van der Waals surface area contributed by atoms with Gasteiger partial charge in [-0.25, -0.2) is 0 Å². The highest BCUT2D eigenvalue weighted by molar-refractivity contribution is 8.18. The first-order valence-corrected chi connectivity index (χ1v) is 9.05. The molecule has 0 bridgehead atoms. The Balaban J connectivity index is 1.84. The molecule has 1 aliphatic heterocycles. The van der Waals surface area contributed by atoms with Crippen LogP contribution in [0.3, 0.4) is 0 Å². The number of benzene rings is 1. The Bertz CT molecular complexity index is 979. The molecule has 1 aromatic heterocycles. The fraction of sp³-hybridized carbons (Fsp3) is 0.167. The van der Waals surface area contributed by atoms with Gasteiger partial charge in [-0.15, -0.1) is 0 Å². The smallest absolute Gasteiger partial charge is 0.326 e. The summed E-state index contributed by atoms with van der Waals surface area (Å²) in [6.45, 7) is 1.37. The van der Waals surface area contributed by atoms with Gasteiger partial charge in [0.1, 0.15) is 6.54 Å². The summed E-state index contributed by atoms with van der Waals surface area (Å²) in [6, 6.07) is 9.42. The standard InChI is InChI=1S/C18H15N3O6S/c1-2-27-16(22)11-20-17(23)15(28-18(20)24)10-14-4-3-9-19(14)12-5-7-13(8-6-12)21(25)26/h3-10H,2,11H2,1H3/b15-10+. The van der Waals surface area contributed by atoms with Gasteiger partial charge in [0.05, 0.1) is 16.4 Å². The predicted molar refractivity (Wildman–Crippen MR) is 102 cm³/mol. The quantitative estimate of drug-likeness (QED) is 0.316. The van der Waals surface area contributed by atoms with Crippen LogP contribution in [0.4, 0.5) is 10.5 Å². The Labute approximate surface area is 163 Å². The number of rotatable bonds is 6. The molecule has 1 aromatic carbocycles. The van der Waals surface area contributed by atoms with Crippen molar-refractivity contribution in [3.05, 3.63) is 63.3 Å². The van der Waals surface area contributed by atoms with Crippen molar-refractivity contribution in [3.8, 4) is 5.69 Å². The number of non-ortho nitro benzene ring substituents is 1. The Morgan fingerprint density at radius 1 is 1.25 bits per heavy atom. The average molecular weight is 401 g/mol. The van der Waals surface area contributed by atoms with Crippen molar-refractivity contribution in [3.63, 3.8) is 0 Å². The summed E-state index contributed by atoms with van der Waals surface area (Å²) < 4.78 is 6.50.